The summed E-state index contributed by atoms with van der Waals surface area (Å²) < 4.78 is 38.5. The number of esters is 1. The molecule has 0 unspecified atom stereocenters. The first-order chi connectivity index (χ1) is 16.6. The van der Waals surface area contributed by atoms with E-state index in [0.717, 1.165) is 16.3 Å². The summed E-state index contributed by atoms with van der Waals surface area (Å²) in [5.41, 5.74) is 7.21. The summed E-state index contributed by atoms with van der Waals surface area (Å²) in [6.45, 7) is 0.374. The minimum Gasteiger partial charge on any atom is -0.748 e. The molecule has 8 nitrogen and oxygen atoms in total. The molecule has 0 aliphatic heterocycles. The normalized spacial score (nSPS) is 10.7. The number of fused-ring (bicyclic) bond motifs is 1. The van der Waals surface area contributed by atoms with Gasteiger partial charge in [0.15, 0.2) is 0 Å². The Hall–Kier alpha value is -4.21. The van der Waals surface area contributed by atoms with E-state index >= 15 is 0 Å². The molecule has 0 atom stereocenters. The standard InChI is InChI=1S/C25H20N2O3.CH4O3S/c26-24(27)23-15-20(29-16-17-6-2-1-3-7-17)12-13-22(23)25(28)30-21-11-10-18-8-4-5-9-19(18)14-21;1-5(2,3)4/h1-15H,16H2,(H3,26,27);1H3,(H,2,3,4)/p-1. The van der Waals surface area contributed by atoms with Gasteiger partial charge in [0.05, 0.1) is 15.7 Å². The molecule has 0 saturated heterocycles. The maximum atomic E-state index is 12.8. The van der Waals surface area contributed by atoms with Crippen LogP contribution in [-0.2, 0) is 16.7 Å². The minimum atomic E-state index is -3.92. The predicted molar refractivity (Wildman–Crippen MR) is 133 cm³/mol. The van der Waals surface area contributed by atoms with Gasteiger partial charge in [0.1, 0.15) is 23.9 Å². The molecule has 0 aromatic heterocycles. The second kappa shape index (κ2) is 11.3. The number of nitrogens with one attached hydrogen (secondary N) is 1. The lowest BCUT2D eigenvalue weighted by Crippen LogP contribution is -2.19. The van der Waals surface area contributed by atoms with E-state index in [0.29, 0.717) is 24.4 Å². The Labute approximate surface area is 203 Å². The summed E-state index contributed by atoms with van der Waals surface area (Å²) in [5, 5.41) is 9.89. The number of amidine groups is 1. The molecule has 0 aliphatic rings. The number of carbonyl (C=O) groups excluding carboxylic acids is 1. The fraction of sp³-hybridized carbons (Fsp3) is 0.0769. The van der Waals surface area contributed by atoms with Gasteiger partial charge in [-0.15, -0.1) is 0 Å². The fourth-order valence-corrected chi connectivity index (χ4v) is 3.15. The summed E-state index contributed by atoms with van der Waals surface area (Å²) in [6, 6.07) is 27.8. The molecule has 4 aromatic rings. The molecule has 3 N–H and O–H groups in total. The van der Waals surface area contributed by atoms with Gasteiger partial charge in [-0.2, -0.15) is 0 Å². The second-order valence-corrected chi connectivity index (χ2v) is 8.91. The first kappa shape index (κ1) is 25.4. The largest absolute Gasteiger partial charge is 0.748 e. The number of hydrogen-bond donors (Lipinski definition) is 2. The molecule has 35 heavy (non-hydrogen) atoms. The van der Waals surface area contributed by atoms with E-state index in [1.807, 2.05) is 60.7 Å². The van der Waals surface area contributed by atoms with Gasteiger partial charge in [-0.05, 0) is 46.7 Å². The predicted octanol–water partition coefficient (Wildman–Crippen LogP) is 4.08. The van der Waals surface area contributed by atoms with Crippen molar-refractivity contribution in [3.8, 4) is 11.5 Å². The first-order valence-corrected chi connectivity index (χ1v) is 12.2. The Morgan fingerprint density at radius 2 is 1.46 bits per heavy atom. The van der Waals surface area contributed by atoms with E-state index in [-0.39, 0.29) is 17.0 Å². The van der Waals surface area contributed by atoms with Crippen molar-refractivity contribution in [3.05, 3.63) is 108 Å². The van der Waals surface area contributed by atoms with E-state index in [1.165, 1.54) is 0 Å². The van der Waals surface area contributed by atoms with Crippen LogP contribution in [0.3, 0.4) is 0 Å². The lowest BCUT2D eigenvalue weighted by atomic mass is 10.1. The lowest BCUT2D eigenvalue weighted by molar-refractivity contribution is 0.0734. The summed E-state index contributed by atoms with van der Waals surface area (Å²) in [4.78, 5) is 12.8. The van der Waals surface area contributed by atoms with E-state index in [4.69, 9.17) is 33.6 Å². The zero-order chi connectivity index (χ0) is 25.4. The van der Waals surface area contributed by atoms with Gasteiger partial charge < -0.3 is 19.8 Å². The van der Waals surface area contributed by atoms with Gasteiger partial charge >= 0.3 is 5.97 Å². The van der Waals surface area contributed by atoms with Crippen molar-refractivity contribution >= 4 is 32.7 Å². The highest BCUT2D eigenvalue weighted by molar-refractivity contribution is 7.84. The average molecular weight is 492 g/mol. The first-order valence-electron chi connectivity index (χ1n) is 10.4. The Morgan fingerprint density at radius 3 is 2.11 bits per heavy atom. The SMILES string of the molecule is CS(=O)(=O)[O-].N=C(N)c1cc(OCc2ccccc2)ccc1C(=O)Oc1ccc2ccccc2c1. The van der Waals surface area contributed by atoms with E-state index in [1.54, 1.807) is 30.3 Å². The summed E-state index contributed by atoms with van der Waals surface area (Å²) in [7, 11) is -3.92. The number of hydrogen-bond acceptors (Lipinski definition) is 7. The van der Waals surface area contributed by atoms with E-state index in [2.05, 4.69) is 0 Å². The molecule has 0 heterocycles. The highest BCUT2D eigenvalue weighted by Crippen LogP contribution is 2.24. The number of nitrogen functional groups attached to an aromatic ring is 1. The average Bonchev–Trinajstić information content (AvgIpc) is 2.82. The van der Waals surface area contributed by atoms with Crippen LogP contribution in [0.5, 0.6) is 11.5 Å². The number of rotatable bonds is 6. The smallest absolute Gasteiger partial charge is 0.344 e. The molecule has 0 spiro atoms. The summed E-state index contributed by atoms with van der Waals surface area (Å²) >= 11 is 0. The maximum Gasteiger partial charge on any atom is 0.344 e. The van der Waals surface area contributed by atoms with Gasteiger partial charge in [0, 0.05) is 11.8 Å². The van der Waals surface area contributed by atoms with Gasteiger partial charge in [-0.1, -0.05) is 60.7 Å². The summed E-state index contributed by atoms with van der Waals surface area (Å²) in [5.74, 6) is 0.139. The van der Waals surface area contributed by atoms with Crippen LogP contribution in [0, 0.1) is 5.41 Å². The third kappa shape index (κ3) is 7.95. The highest BCUT2D eigenvalue weighted by Gasteiger charge is 2.17. The third-order valence-corrected chi connectivity index (χ3v) is 4.68. The highest BCUT2D eigenvalue weighted by atomic mass is 32.2. The van der Waals surface area contributed by atoms with Crippen molar-refractivity contribution < 1.29 is 27.2 Å². The number of nitrogens with two attached hydrogens (primary N) is 1. The van der Waals surface area contributed by atoms with Gasteiger partial charge in [-0.3, -0.25) is 5.41 Å². The zero-order valence-corrected chi connectivity index (χ0v) is 19.6. The number of ether oxygens (including phenoxy) is 2. The van der Waals surface area contributed by atoms with Crippen LogP contribution >= 0.6 is 0 Å². The van der Waals surface area contributed by atoms with Crippen LogP contribution in [0.4, 0.5) is 0 Å². The number of benzene rings is 4. The van der Waals surface area contributed by atoms with E-state index < -0.39 is 16.1 Å². The third-order valence-electron chi connectivity index (χ3n) is 4.68. The second-order valence-electron chi connectivity index (χ2n) is 7.50. The molecule has 0 radical (unpaired) electrons. The van der Waals surface area contributed by atoms with Crippen LogP contribution in [-0.4, -0.2) is 31.0 Å². The van der Waals surface area contributed by atoms with Crippen LogP contribution < -0.4 is 15.2 Å². The van der Waals surface area contributed by atoms with Crippen LogP contribution in [0.2, 0.25) is 0 Å². The molecule has 0 amide bonds. The molecule has 0 saturated carbocycles. The van der Waals surface area contributed by atoms with Crippen molar-refractivity contribution in [2.45, 2.75) is 6.61 Å². The van der Waals surface area contributed by atoms with Crippen molar-refractivity contribution in [1.82, 2.24) is 0 Å². The Kier molecular flexibility index (Phi) is 8.19. The van der Waals surface area contributed by atoms with Gasteiger partial charge in [-0.25, -0.2) is 13.2 Å². The molecular weight excluding hydrogens is 468 g/mol. The number of carbonyl (C=O) groups is 1. The van der Waals surface area contributed by atoms with Crippen LogP contribution in [0.25, 0.3) is 10.8 Å². The minimum absolute atomic E-state index is 0.211. The molecule has 0 aliphatic carbocycles. The molecule has 4 rings (SSSR count). The topological polar surface area (TPSA) is 143 Å². The molecular formula is C26H23N2O6S-. The van der Waals surface area contributed by atoms with Crippen molar-refractivity contribution in [2.24, 2.45) is 5.73 Å². The molecule has 9 heteroatoms. The lowest BCUT2D eigenvalue weighted by Gasteiger charge is -2.12. The van der Waals surface area contributed by atoms with Crippen molar-refractivity contribution in [2.75, 3.05) is 6.26 Å². The van der Waals surface area contributed by atoms with Crippen LogP contribution in [0.1, 0.15) is 21.5 Å². The van der Waals surface area contributed by atoms with Gasteiger partial charge in [0.25, 0.3) is 0 Å². The van der Waals surface area contributed by atoms with Crippen LogP contribution in [0.15, 0.2) is 91.0 Å². The Balaban J connectivity index is 0.000000623. The van der Waals surface area contributed by atoms with Crippen molar-refractivity contribution in [1.29, 1.82) is 5.41 Å². The van der Waals surface area contributed by atoms with Gasteiger partial charge in [0.2, 0.25) is 0 Å². The fourth-order valence-electron chi connectivity index (χ4n) is 3.15. The Morgan fingerprint density at radius 1 is 0.857 bits per heavy atom. The maximum absolute atomic E-state index is 12.8. The quantitative estimate of drug-likeness (QED) is 0.136. The van der Waals surface area contributed by atoms with E-state index in [9.17, 15) is 4.79 Å². The monoisotopic (exact) mass is 491 g/mol. The molecule has 0 fully saturated rings. The molecule has 180 valence electrons. The zero-order valence-electron chi connectivity index (χ0n) is 18.8. The van der Waals surface area contributed by atoms with Crippen molar-refractivity contribution in [3.63, 3.8) is 0 Å². The molecule has 0 bridgehead atoms. The summed E-state index contributed by atoms with van der Waals surface area (Å²) in [6.07, 6.45) is 0.604. The Bertz CT molecular complexity index is 1450. The molecule has 4 aromatic carbocycles.